The van der Waals surface area contributed by atoms with Gasteiger partial charge in [0.1, 0.15) is 0 Å². The zero-order chi connectivity index (χ0) is 14.0. The lowest BCUT2D eigenvalue weighted by Crippen LogP contribution is -2.34. The molecule has 0 aliphatic heterocycles. The van der Waals surface area contributed by atoms with E-state index < -0.39 is 0 Å². The molecule has 0 amide bonds. The van der Waals surface area contributed by atoms with Crippen molar-refractivity contribution in [3.8, 4) is 0 Å². The predicted molar refractivity (Wildman–Crippen MR) is 84.6 cm³/mol. The Bertz CT molecular complexity index is 197. The Morgan fingerprint density at radius 1 is 1.00 bits per heavy atom. The molecule has 0 rings (SSSR count). The zero-order valence-corrected chi connectivity index (χ0v) is 15.3. The molecule has 0 radical (unpaired) electrons. The number of ether oxygens (including phenoxy) is 4. The highest BCUT2D eigenvalue weighted by Crippen LogP contribution is 2.16. The third-order valence-corrected chi connectivity index (χ3v) is 3.94. The van der Waals surface area contributed by atoms with Crippen LogP contribution in [0.15, 0.2) is 0 Å². The Labute approximate surface area is 132 Å². The fourth-order valence-electron chi connectivity index (χ4n) is 1.36. The normalized spacial score (nSPS) is 18.3. The summed E-state index contributed by atoms with van der Waals surface area (Å²) in [7, 11) is 0. The van der Waals surface area contributed by atoms with Crippen LogP contribution in [0.25, 0.3) is 0 Å². The van der Waals surface area contributed by atoms with Gasteiger partial charge in [0.15, 0.2) is 12.6 Å². The smallest absolute Gasteiger partial charge is 0.155 e. The molecule has 4 unspecified atom stereocenters. The first kappa shape index (κ1) is 19.1. The first-order chi connectivity index (χ1) is 8.54. The fraction of sp³-hybridized carbons (Fsp3) is 1.00. The zero-order valence-electron chi connectivity index (χ0n) is 11.5. The maximum absolute atomic E-state index is 5.80. The molecule has 0 aliphatic rings. The Balaban J connectivity index is 3.98. The summed E-state index contributed by atoms with van der Waals surface area (Å²) >= 11 is 5.90. The molecule has 0 N–H and O–H groups in total. The van der Waals surface area contributed by atoms with Gasteiger partial charge in [-0.2, -0.15) is 0 Å². The van der Waals surface area contributed by atoms with E-state index in [0.717, 1.165) is 4.43 Å². The number of rotatable bonds is 11. The van der Waals surface area contributed by atoms with Gasteiger partial charge >= 0.3 is 0 Å². The maximum atomic E-state index is 5.80. The van der Waals surface area contributed by atoms with Crippen molar-refractivity contribution in [1.82, 2.24) is 0 Å². The van der Waals surface area contributed by atoms with Crippen LogP contribution in [0.2, 0.25) is 0 Å². The second kappa shape index (κ2) is 11.8. The summed E-state index contributed by atoms with van der Waals surface area (Å²) in [5.74, 6) is 0. The first-order valence-corrected chi connectivity index (χ1v) is 8.69. The molecular weight excluding hydrogens is 415 g/mol. The Kier molecular flexibility index (Phi) is 12.5. The van der Waals surface area contributed by atoms with Gasteiger partial charge in [-0.15, -0.1) is 0 Å². The summed E-state index contributed by atoms with van der Waals surface area (Å²) in [4.78, 5) is 0.125. The van der Waals surface area contributed by atoms with Gasteiger partial charge < -0.3 is 18.9 Å². The van der Waals surface area contributed by atoms with Gasteiger partial charge in [0, 0.05) is 17.6 Å². The van der Waals surface area contributed by atoms with E-state index in [1.54, 1.807) is 0 Å². The van der Waals surface area contributed by atoms with Crippen molar-refractivity contribution < 1.29 is 18.9 Å². The number of alkyl halides is 2. The minimum atomic E-state index is -0.195. The quantitative estimate of drug-likeness (QED) is 0.281. The van der Waals surface area contributed by atoms with Crippen LogP contribution < -0.4 is 0 Å². The van der Waals surface area contributed by atoms with E-state index >= 15 is 0 Å². The summed E-state index contributed by atoms with van der Waals surface area (Å²) in [6, 6.07) is 0. The number of halogens is 2. The molecule has 0 heterocycles. The van der Waals surface area contributed by atoms with Crippen molar-refractivity contribution in [3.05, 3.63) is 0 Å². The largest absolute Gasteiger partial charge is 0.353 e. The Morgan fingerprint density at radius 2 is 1.56 bits per heavy atom. The van der Waals surface area contributed by atoms with Crippen LogP contribution in [0.1, 0.15) is 27.7 Å². The maximum Gasteiger partial charge on any atom is 0.155 e. The van der Waals surface area contributed by atoms with E-state index in [9.17, 15) is 0 Å². The molecule has 18 heavy (non-hydrogen) atoms. The molecule has 0 aromatic rings. The van der Waals surface area contributed by atoms with E-state index in [1.807, 2.05) is 27.7 Å². The summed E-state index contributed by atoms with van der Waals surface area (Å²) in [5, 5.41) is 0. The SMILES string of the molecule is CCOC(C)OCC(Br)C(CI)OC(C)OCC. The number of hydrogen-bond donors (Lipinski definition) is 0. The molecule has 4 atom stereocenters. The fourth-order valence-corrected chi connectivity index (χ4v) is 3.34. The van der Waals surface area contributed by atoms with Gasteiger partial charge in [-0.25, -0.2) is 0 Å². The highest BCUT2D eigenvalue weighted by atomic mass is 127. The second-order valence-corrected chi connectivity index (χ2v) is 5.78. The molecule has 6 heteroatoms. The average molecular weight is 439 g/mol. The summed E-state index contributed by atoms with van der Waals surface area (Å²) in [6.07, 6.45) is -0.325. The van der Waals surface area contributed by atoms with Crippen LogP contribution in [0, 0.1) is 0 Å². The molecule has 110 valence electrons. The first-order valence-electron chi connectivity index (χ1n) is 6.25. The van der Waals surface area contributed by atoms with Crippen LogP contribution in [-0.4, -0.2) is 47.8 Å². The minimum absolute atomic E-state index is 0.0565. The topological polar surface area (TPSA) is 36.9 Å². The van der Waals surface area contributed by atoms with E-state index in [4.69, 9.17) is 18.9 Å². The lowest BCUT2D eigenvalue weighted by molar-refractivity contribution is -0.162. The van der Waals surface area contributed by atoms with E-state index in [1.165, 1.54) is 0 Å². The van der Waals surface area contributed by atoms with Crippen molar-refractivity contribution in [2.45, 2.75) is 51.2 Å². The van der Waals surface area contributed by atoms with Crippen LogP contribution in [0.5, 0.6) is 0 Å². The molecule has 4 nitrogen and oxygen atoms in total. The molecular formula is C12H24BrIO4. The average Bonchev–Trinajstić information content (AvgIpc) is 2.33. The summed E-state index contributed by atoms with van der Waals surface area (Å²) < 4.78 is 22.9. The van der Waals surface area contributed by atoms with Crippen molar-refractivity contribution in [3.63, 3.8) is 0 Å². The van der Waals surface area contributed by atoms with Gasteiger partial charge in [-0.1, -0.05) is 38.5 Å². The molecule has 0 saturated carbocycles. The lowest BCUT2D eigenvalue weighted by Gasteiger charge is -2.25. The summed E-state index contributed by atoms with van der Waals surface area (Å²) in [6.45, 7) is 9.57. The highest BCUT2D eigenvalue weighted by Gasteiger charge is 2.22. The third kappa shape index (κ3) is 9.03. The standard InChI is InChI=1S/C12H24BrIO4/c1-5-15-9(3)17-8-11(13)12(7-14)18-10(4)16-6-2/h9-12H,5-8H2,1-4H3. The lowest BCUT2D eigenvalue weighted by atomic mass is 10.3. The van der Waals surface area contributed by atoms with E-state index in [2.05, 4.69) is 38.5 Å². The second-order valence-electron chi connectivity index (χ2n) is 3.72. The predicted octanol–water partition coefficient (Wildman–Crippen LogP) is 3.35. The minimum Gasteiger partial charge on any atom is -0.353 e. The van der Waals surface area contributed by atoms with E-state index in [0.29, 0.717) is 19.8 Å². The third-order valence-electron chi connectivity index (χ3n) is 2.21. The molecule has 0 aliphatic carbocycles. The van der Waals surface area contributed by atoms with Crippen molar-refractivity contribution in [2.24, 2.45) is 0 Å². The van der Waals surface area contributed by atoms with E-state index in [-0.39, 0.29) is 23.5 Å². The van der Waals surface area contributed by atoms with Crippen LogP contribution in [0.4, 0.5) is 0 Å². The van der Waals surface area contributed by atoms with Crippen molar-refractivity contribution >= 4 is 38.5 Å². The molecule has 0 bridgehead atoms. The Hall–Kier alpha value is 1.05. The van der Waals surface area contributed by atoms with Crippen LogP contribution in [-0.2, 0) is 18.9 Å². The molecule has 0 fully saturated rings. The molecule has 0 aromatic heterocycles. The number of hydrogen-bond acceptors (Lipinski definition) is 4. The molecule has 0 saturated heterocycles. The van der Waals surface area contributed by atoms with Crippen LogP contribution >= 0.6 is 38.5 Å². The van der Waals surface area contributed by atoms with Gasteiger partial charge in [-0.3, -0.25) is 0 Å². The van der Waals surface area contributed by atoms with Crippen LogP contribution in [0.3, 0.4) is 0 Å². The molecule has 0 spiro atoms. The monoisotopic (exact) mass is 438 g/mol. The van der Waals surface area contributed by atoms with Gasteiger partial charge in [0.25, 0.3) is 0 Å². The molecule has 0 aromatic carbocycles. The van der Waals surface area contributed by atoms with Gasteiger partial charge in [0.05, 0.1) is 17.5 Å². The summed E-state index contributed by atoms with van der Waals surface area (Å²) in [5.41, 5.74) is 0. The van der Waals surface area contributed by atoms with Crippen molar-refractivity contribution in [2.75, 3.05) is 24.2 Å². The van der Waals surface area contributed by atoms with Gasteiger partial charge in [-0.05, 0) is 27.7 Å². The van der Waals surface area contributed by atoms with Crippen molar-refractivity contribution in [1.29, 1.82) is 0 Å². The Morgan fingerprint density at radius 3 is 2.06 bits per heavy atom. The highest BCUT2D eigenvalue weighted by molar-refractivity contribution is 14.1. The van der Waals surface area contributed by atoms with Gasteiger partial charge in [0.2, 0.25) is 0 Å².